The molecule has 1 aliphatic carbocycles. The average Bonchev–Trinajstić information content (AvgIpc) is 3.58. The number of fused-ring (bicyclic) bond motifs is 3. The van der Waals surface area contributed by atoms with Crippen LogP contribution in [0.2, 0.25) is 0 Å². The van der Waals surface area contributed by atoms with Crippen molar-refractivity contribution in [1.82, 2.24) is 15.0 Å². The van der Waals surface area contributed by atoms with Crippen LogP contribution in [0.3, 0.4) is 0 Å². The number of nitrogens with zero attached hydrogens (tertiary/aromatic N) is 3. The van der Waals surface area contributed by atoms with E-state index in [-0.39, 0.29) is 0 Å². The van der Waals surface area contributed by atoms with Crippen molar-refractivity contribution >= 4 is 0 Å². The summed E-state index contributed by atoms with van der Waals surface area (Å²) in [6, 6.07) is 75.4. The van der Waals surface area contributed by atoms with Gasteiger partial charge in [0.25, 0.3) is 0 Å². The van der Waals surface area contributed by atoms with Gasteiger partial charge in [0.1, 0.15) is 0 Å². The molecule has 3 nitrogen and oxygen atoms in total. The molecule has 0 fully saturated rings. The highest BCUT2D eigenvalue weighted by Crippen LogP contribution is 2.56. The summed E-state index contributed by atoms with van der Waals surface area (Å²) in [7, 11) is 0. The van der Waals surface area contributed by atoms with E-state index in [1.165, 1.54) is 44.5 Å². The minimum absolute atomic E-state index is 0.422. The Morgan fingerprint density at radius 1 is 0.255 bits per heavy atom. The fraction of sp³-hybridized carbons (Fsp3) is 0.0192. The quantitative estimate of drug-likeness (QED) is 0.166. The molecule has 0 N–H and O–H groups in total. The maximum Gasteiger partial charge on any atom is 0.164 e. The monoisotopic (exact) mass is 701 g/mol. The molecule has 3 heteroatoms. The largest absolute Gasteiger partial charge is 0.208 e. The second kappa shape index (κ2) is 13.6. The van der Waals surface area contributed by atoms with Crippen LogP contribution < -0.4 is 0 Å². The number of aromatic nitrogens is 3. The van der Waals surface area contributed by atoms with Gasteiger partial charge >= 0.3 is 0 Å². The summed E-state index contributed by atoms with van der Waals surface area (Å²) in [5.74, 6) is 1.96. The first-order chi connectivity index (χ1) is 27.3. The van der Waals surface area contributed by atoms with Crippen LogP contribution in [0.5, 0.6) is 0 Å². The van der Waals surface area contributed by atoms with Crippen molar-refractivity contribution in [3.63, 3.8) is 0 Å². The SMILES string of the molecule is c1ccc(-c2nc(-c3ccccc3)nc(-c3ccc(-c4ccc(-c5ccc6c(c5)C(c5ccccc5)(c5ccccc5)c5ccccc5-6)cc4)cc3)n2)cc1. The Balaban J connectivity index is 1.00. The summed E-state index contributed by atoms with van der Waals surface area (Å²) in [5, 5.41) is 0. The first kappa shape index (κ1) is 32.4. The molecule has 1 heterocycles. The molecule has 0 spiro atoms. The lowest BCUT2D eigenvalue weighted by molar-refractivity contribution is 0.769. The minimum Gasteiger partial charge on any atom is -0.208 e. The van der Waals surface area contributed by atoms with Crippen molar-refractivity contribution < 1.29 is 0 Å². The molecule has 0 radical (unpaired) electrons. The lowest BCUT2D eigenvalue weighted by Gasteiger charge is -2.34. The summed E-state index contributed by atoms with van der Waals surface area (Å²) in [4.78, 5) is 14.7. The maximum absolute atomic E-state index is 4.91. The van der Waals surface area contributed by atoms with Crippen LogP contribution in [0, 0.1) is 0 Å². The van der Waals surface area contributed by atoms with Crippen molar-refractivity contribution in [2.45, 2.75) is 5.41 Å². The van der Waals surface area contributed by atoms with Gasteiger partial charge in [-0.15, -0.1) is 0 Å². The predicted octanol–water partition coefficient (Wildman–Crippen LogP) is 12.6. The van der Waals surface area contributed by atoms with Gasteiger partial charge < -0.3 is 0 Å². The summed E-state index contributed by atoms with van der Waals surface area (Å²) in [6.45, 7) is 0. The molecule has 1 aliphatic rings. The summed E-state index contributed by atoms with van der Waals surface area (Å²) in [5.41, 5.74) is 14.8. The van der Waals surface area contributed by atoms with Gasteiger partial charge in [0, 0.05) is 16.7 Å². The number of benzene rings is 8. The predicted molar refractivity (Wildman–Crippen MR) is 224 cm³/mol. The Morgan fingerprint density at radius 2 is 0.600 bits per heavy atom. The van der Waals surface area contributed by atoms with Crippen molar-refractivity contribution in [1.29, 1.82) is 0 Å². The molecular weight excluding hydrogens is 667 g/mol. The molecule has 258 valence electrons. The first-order valence-electron chi connectivity index (χ1n) is 18.7. The Morgan fingerprint density at radius 3 is 1.09 bits per heavy atom. The lowest BCUT2D eigenvalue weighted by atomic mass is 9.67. The van der Waals surface area contributed by atoms with E-state index < -0.39 is 5.41 Å². The number of rotatable bonds is 7. The topological polar surface area (TPSA) is 38.7 Å². The van der Waals surface area contributed by atoms with Gasteiger partial charge in [-0.2, -0.15) is 0 Å². The van der Waals surface area contributed by atoms with Gasteiger partial charge in [-0.25, -0.2) is 15.0 Å². The van der Waals surface area contributed by atoms with E-state index in [4.69, 9.17) is 15.0 Å². The minimum atomic E-state index is -0.422. The lowest BCUT2D eigenvalue weighted by Crippen LogP contribution is -2.28. The number of hydrogen-bond donors (Lipinski definition) is 0. The molecular formula is C52H35N3. The summed E-state index contributed by atoms with van der Waals surface area (Å²) >= 11 is 0. The highest BCUT2D eigenvalue weighted by molar-refractivity contribution is 5.88. The van der Waals surface area contributed by atoms with Crippen LogP contribution in [-0.4, -0.2) is 15.0 Å². The third kappa shape index (κ3) is 5.65. The van der Waals surface area contributed by atoms with Gasteiger partial charge in [-0.3, -0.25) is 0 Å². The van der Waals surface area contributed by atoms with Crippen LogP contribution in [0.15, 0.2) is 212 Å². The normalized spacial score (nSPS) is 12.5. The third-order valence-electron chi connectivity index (χ3n) is 10.9. The van der Waals surface area contributed by atoms with Gasteiger partial charge in [0.15, 0.2) is 17.5 Å². The fourth-order valence-corrected chi connectivity index (χ4v) is 8.23. The highest BCUT2D eigenvalue weighted by Gasteiger charge is 2.46. The second-order valence-corrected chi connectivity index (χ2v) is 14.0. The molecule has 0 amide bonds. The van der Waals surface area contributed by atoms with E-state index in [1.807, 2.05) is 60.7 Å². The van der Waals surface area contributed by atoms with Crippen LogP contribution in [0.4, 0.5) is 0 Å². The molecule has 0 saturated heterocycles. The van der Waals surface area contributed by atoms with Gasteiger partial charge in [0.05, 0.1) is 5.41 Å². The molecule has 1 aromatic heterocycles. The van der Waals surface area contributed by atoms with Crippen LogP contribution >= 0.6 is 0 Å². The molecule has 10 rings (SSSR count). The van der Waals surface area contributed by atoms with Crippen molar-refractivity contribution in [3.05, 3.63) is 235 Å². The van der Waals surface area contributed by atoms with E-state index >= 15 is 0 Å². The van der Waals surface area contributed by atoms with Crippen molar-refractivity contribution in [2.24, 2.45) is 0 Å². The highest BCUT2D eigenvalue weighted by atomic mass is 15.0. The van der Waals surface area contributed by atoms with Crippen LogP contribution in [0.1, 0.15) is 22.3 Å². The van der Waals surface area contributed by atoms with Crippen LogP contribution in [-0.2, 0) is 5.41 Å². The number of hydrogen-bond acceptors (Lipinski definition) is 3. The molecule has 0 atom stereocenters. The standard InChI is InChI=1S/C52H35N3/c1-5-15-39(16-6-1)49-53-50(40-17-7-2-8-18-40)55-51(54-49)41-31-29-37(30-32-41)36-25-27-38(28-26-36)42-33-34-46-45-23-13-14-24-47(45)52(48(46)35-42,43-19-9-3-10-20-43)44-21-11-4-12-22-44/h1-35H. The van der Waals surface area contributed by atoms with E-state index in [0.717, 1.165) is 27.8 Å². The average molecular weight is 702 g/mol. The van der Waals surface area contributed by atoms with E-state index in [0.29, 0.717) is 17.5 Å². The zero-order chi connectivity index (χ0) is 36.6. The zero-order valence-corrected chi connectivity index (χ0v) is 30.0. The Labute approximate surface area is 321 Å². The summed E-state index contributed by atoms with van der Waals surface area (Å²) in [6.07, 6.45) is 0. The Kier molecular flexibility index (Phi) is 8.04. The zero-order valence-electron chi connectivity index (χ0n) is 30.0. The van der Waals surface area contributed by atoms with E-state index in [9.17, 15) is 0 Å². The van der Waals surface area contributed by atoms with E-state index in [1.54, 1.807) is 0 Å². The third-order valence-corrected chi connectivity index (χ3v) is 10.9. The van der Waals surface area contributed by atoms with Crippen LogP contribution in [0.25, 0.3) is 67.5 Å². The molecule has 8 aromatic carbocycles. The van der Waals surface area contributed by atoms with Crippen molar-refractivity contribution in [3.8, 4) is 67.5 Å². The smallest absolute Gasteiger partial charge is 0.164 e. The maximum atomic E-state index is 4.91. The molecule has 0 bridgehead atoms. The molecule has 0 aliphatic heterocycles. The summed E-state index contributed by atoms with van der Waals surface area (Å²) < 4.78 is 0. The van der Waals surface area contributed by atoms with Crippen molar-refractivity contribution in [2.75, 3.05) is 0 Å². The second-order valence-electron chi connectivity index (χ2n) is 14.0. The van der Waals surface area contributed by atoms with Gasteiger partial charge in [-0.1, -0.05) is 206 Å². The molecule has 0 unspecified atom stereocenters. The van der Waals surface area contributed by atoms with Gasteiger partial charge in [0.2, 0.25) is 0 Å². The Hall–Kier alpha value is -7.23. The first-order valence-corrected chi connectivity index (χ1v) is 18.7. The Bertz CT molecular complexity index is 2660. The molecule has 0 saturated carbocycles. The van der Waals surface area contributed by atoms with E-state index in [2.05, 4.69) is 152 Å². The van der Waals surface area contributed by atoms with Gasteiger partial charge in [-0.05, 0) is 61.7 Å². The molecule has 9 aromatic rings. The molecule has 55 heavy (non-hydrogen) atoms. The fourth-order valence-electron chi connectivity index (χ4n) is 8.23.